The Labute approximate surface area is 87.6 Å². The maximum Gasteiger partial charge on any atom is 0.00849 e. The van der Waals surface area contributed by atoms with E-state index in [1.165, 1.54) is 44.9 Å². The molecule has 0 aliphatic heterocycles. The second-order valence-electron chi connectivity index (χ2n) is 5.27. The Hall–Kier alpha value is -0.0800. The average Bonchev–Trinajstić information content (AvgIpc) is 2.75. The summed E-state index contributed by atoms with van der Waals surface area (Å²) >= 11 is 0. The molecule has 2 unspecified atom stereocenters. The van der Waals surface area contributed by atoms with Gasteiger partial charge in [-0.05, 0) is 44.9 Å². The van der Waals surface area contributed by atoms with E-state index in [0.29, 0.717) is 18.1 Å². The molecule has 2 fully saturated rings. The maximum atomic E-state index is 5.91. The molecule has 14 heavy (non-hydrogen) atoms. The largest absolute Gasteiger partial charge is 0.328 e. The van der Waals surface area contributed by atoms with Gasteiger partial charge >= 0.3 is 0 Å². The van der Waals surface area contributed by atoms with Gasteiger partial charge in [0, 0.05) is 18.1 Å². The Kier molecular flexibility index (Phi) is 3.45. The molecule has 0 saturated heterocycles. The molecule has 2 nitrogen and oxygen atoms in total. The van der Waals surface area contributed by atoms with Crippen LogP contribution in [0.2, 0.25) is 0 Å². The van der Waals surface area contributed by atoms with Gasteiger partial charge < -0.3 is 11.1 Å². The van der Waals surface area contributed by atoms with E-state index in [1.54, 1.807) is 0 Å². The third-order valence-corrected chi connectivity index (χ3v) is 4.08. The van der Waals surface area contributed by atoms with Crippen LogP contribution >= 0.6 is 0 Å². The van der Waals surface area contributed by atoms with Crippen molar-refractivity contribution in [3.05, 3.63) is 0 Å². The third-order valence-electron chi connectivity index (χ3n) is 4.08. The molecular weight excluding hydrogens is 172 g/mol. The molecular formula is C12H24N2. The van der Waals surface area contributed by atoms with Crippen LogP contribution < -0.4 is 11.1 Å². The van der Waals surface area contributed by atoms with Crippen LogP contribution in [0.25, 0.3) is 0 Å². The highest BCUT2D eigenvalue weighted by molar-refractivity contribution is 4.87. The average molecular weight is 196 g/mol. The van der Waals surface area contributed by atoms with E-state index in [2.05, 4.69) is 12.2 Å². The monoisotopic (exact) mass is 196 g/mol. The van der Waals surface area contributed by atoms with Crippen LogP contribution in [-0.4, -0.2) is 18.1 Å². The minimum Gasteiger partial charge on any atom is -0.328 e. The van der Waals surface area contributed by atoms with Gasteiger partial charge in [0.2, 0.25) is 0 Å². The minimum atomic E-state index is 0.461. The summed E-state index contributed by atoms with van der Waals surface area (Å²) in [6, 6.07) is 1.89. The SMILES string of the molecule is C[C@H](NC1CCC(N)C1)C1CCCC1. The van der Waals surface area contributed by atoms with Gasteiger partial charge in [0.05, 0.1) is 0 Å². The molecule has 0 amide bonds. The van der Waals surface area contributed by atoms with Crippen LogP contribution in [0.15, 0.2) is 0 Å². The first-order chi connectivity index (χ1) is 6.75. The maximum absolute atomic E-state index is 5.91. The molecule has 82 valence electrons. The van der Waals surface area contributed by atoms with Gasteiger partial charge in [0.1, 0.15) is 0 Å². The highest BCUT2D eigenvalue weighted by Crippen LogP contribution is 2.28. The predicted octanol–water partition coefficient (Wildman–Crippen LogP) is 2.03. The molecule has 3 N–H and O–H groups in total. The van der Waals surface area contributed by atoms with Crippen LogP contribution in [0.4, 0.5) is 0 Å². The highest BCUT2D eigenvalue weighted by Gasteiger charge is 2.27. The van der Waals surface area contributed by atoms with Crippen molar-refractivity contribution in [2.24, 2.45) is 11.7 Å². The van der Waals surface area contributed by atoms with E-state index >= 15 is 0 Å². The molecule has 2 aliphatic rings. The van der Waals surface area contributed by atoms with Gasteiger partial charge in [-0.2, -0.15) is 0 Å². The Bertz CT molecular complexity index is 175. The van der Waals surface area contributed by atoms with E-state index in [9.17, 15) is 0 Å². The first kappa shape index (κ1) is 10.4. The molecule has 0 radical (unpaired) electrons. The van der Waals surface area contributed by atoms with Crippen LogP contribution in [0.5, 0.6) is 0 Å². The van der Waals surface area contributed by atoms with Crippen molar-refractivity contribution in [2.75, 3.05) is 0 Å². The summed E-state index contributed by atoms with van der Waals surface area (Å²) in [4.78, 5) is 0. The zero-order valence-electron chi connectivity index (χ0n) is 9.34. The van der Waals surface area contributed by atoms with Crippen molar-refractivity contribution in [1.29, 1.82) is 0 Å². The fraction of sp³-hybridized carbons (Fsp3) is 1.00. The molecule has 0 aromatic rings. The summed E-state index contributed by atoms with van der Waals surface area (Å²) in [5.41, 5.74) is 5.91. The Morgan fingerprint density at radius 3 is 2.43 bits per heavy atom. The summed E-state index contributed by atoms with van der Waals surface area (Å²) in [5.74, 6) is 0.937. The van der Waals surface area contributed by atoms with E-state index < -0.39 is 0 Å². The smallest absolute Gasteiger partial charge is 0.00849 e. The van der Waals surface area contributed by atoms with Crippen molar-refractivity contribution >= 4 is 0 Å². The molecule has 0 spiro atoms. The quantitative estimate of drug-likeness (QED) is 0.725. The molecule has 2 saturated carbocycles. The lowest BCUT2D eigenvalue weighted by Crippen LogP contribution is -2.39. The van der Waals surface area contributed by atoms with E-state index in [4.69, 9.17) is 5.73 Å². The van der Waals surface area contributed by atoms with Crippen LogP contribution in [-0.2, 0) is 0 Å². The predicted molar refractivity (Wildman–Crippen MR) is 60.2 cm³/mol. The summed E-state index contributed by atoms with van der Waals surface area (Å²) in [7, 11) is 0. The summed E-state index contributed by atoms with van der Waals surface area (Å²) in [6.45, 7) is 2.36. The third kappa shape index (κ3) is 2.48. The molecule has 2 rings (SSSR count). The van der Waals surface area contributed by atoms with E-state index in [1.807, 2.05) is 0 Å². The Morgan fingerprint density at radius 2 is 1.86 bits per heavy atom. The normalized spacial score (nSPS) is 36.4. The second-order valence-corrected chi connectivity index (χ2v) is 5.27. The zero-order valence-corrected chi connectivity index (χ0v) is 9.34. The fourth-order valence-corrected chi connectivity index (χ4v) is 3.13. The molecule has 2 aliphatic carbocycles. The topological polar surface area (TPSA) is 38.0 Å². The van der Waals surface area contributed by atoms with Gasteiger partial charge in [-0.3, -0.25) is 0 Å². The fourth-order valence-electron chi connectivity index (χ4n) is 3.13. The minimum absolute atomic E-state index is 0.461. The van der Waals surface area contributed by atoms with Crippen LogP contribution in [0.1, 0.15) is 51.9 Å². The van der Waals surface area contributed by atoms with E-state index in [-0.39, 0.29) is 0 Å². The molecule has 0 aromatic carbocycles. The Morgan fingerprint density at radius 1 is 1.14 bits per heavy atom. The standard InChI is InChI=1S/C12H24N2/c1-9(10-4-2-3-5-10)14-12-7-6-11(13)8-12/h9-12,14H,2-8,13H2,1H3/t9-,11?,12?/m0/s1. The van der Waals surface area contributed by atoms with Crippen LogP contribution in [0, 0.1) is 5.92 Å². The van der Waals surface area contributed by atoms with Gasteiger partial charge in [0.25, 0.3) is 0 Å². The van der Waals surface area contributed by atoms with Gasteiger partial charge in [-0.1, -0.05) is 12.8 Å². The van der Waals surface area contributed by atoms with Crippen molar-refractivity contribution in [3.8, 4) is 0 Å². The van der Waals surface area contributed by atoms with E-state index in [0.717, 1.165) is 5.92 Å². The van der Waals surface area contributed by atoms with Crippen molar-refractivity contribution in [1.82, 2.24) is 5.32 Å². The molecule has 0 heterocycles. The second kappa shape index (κ2) is 4.63. The number of rotatable bonds is 3. The van der Waals surface area contributed by atoms with Gasteiger partial charge in [0.15, 0.2) is 0 Å². The van der Waals surface area contributed by atoms with Gasteiger partial charge in [-0.15, -0.1) is 0 Å². The summed E-state index contributed by atoms with van der Waals surface area (Å²) in [6.07, 6.45) is 9.46. The highest BCUT2D eigenvalue weighted by atomic mass is 15.0. The molecule has 0 aromatic heterocycles. The van der Waals surface area contributed by atoms with Crippen molar-refractivity contribution in [3.63, 3.8) is 0 Å². The molecule has 0 bridgehead atoms. The number of hydrogen-bond acceptors (Lipinski definition) is 2. The number of nitrogens with one attached hydrogen (secondary N) is 1. The van der Waals surface area contributed by atoms with Gasteiger partial charge in [-0.25, -0.2) is 0 Å². The Balaban J connectivity index is 1.73. The number of hydrogen-bond donors (Lipinski definition) is 2. The van der Waals surface area contributed by atoms with Crippen LogP contribution in [0.3, 0.4) is 0 Å². The first-order valence-electron chi connectivity index (χ1n) is 6.27. The lowest BCUT2D eigenvalue weighted by atomic mass is 9.99. The number of nitrogens with two attached hydrogens (primary N) is 1. The summed E-state index contributed by atoms with van der Waals surface area (Å²) in [5, 5.41) is 3.77. The molecule has 2 heteroatoms. The lowest BCUT2D eigenvalue weighted by Gasteiger charge is -2.24. The summed E-state index contributed by atoms with van der Waals surface area (Å²) < 4.78 is 0. The lowest BCUT2D eigenvalue weighted by molar-refractivity contribution is 0.341. The van der Waals surface area contributed by atoms with Crippen molar-refractivity contribution < 1.29 is 0 Å². The molecule has 3 atom stereocenters. The zero-order chi connectivity index (χ0) is 9.97. The first-order valence-corrected chi connectivity index (χ1v) is 6.27. The van der Waals surface area contributed by atoms with Crippen molar-refractivity contribution in [2.45, 2.75) is 70.0 Å².